The summed E-state index contributed by atoms with van der Waals surface area (Å²) in [4.78, 5) is 1.42. The molecule has 1 aliphatic rings. The minimum absolute atomic E-state index is 0.0550. The molecule has 18 heavy (non-hydrogen) atoms. The van der Waals surface area contributed by atoms with Gasteiger partial charge in [-0.15, -0.1) is 0 Å². The first-order valence-electron chi connectivity index (χ1n) is 5.35. The summed E-state index contributed by atoms with van der Waals surface area (Å²) in [6.07, 6.45) is -6.27. The Hall–Kier alpha value is -1.50. The van der Waals surface area contributed by atoms with E-state index in [0.29, 0.717) is 5.69 Å². The van der Waals surface area contributed by atoms with Gasteiger partial charge in [-0.1, -0.05) is 0 Å². The van der Waals surface area contributed by atoms with Crippen LogP contribution in [0.5, 0.6) is 0 Å². The van der Waals surface area contributed by atoms with Crippen LogP contribution >= 0.6 is 0 Å². The molecule has 1 aliphatic heterocycles. The van der Waals surface area contributed by atoms with Gasteiger partial charge < -0.3 is 15.4 Å². The summed E-state index contributed by atoms with van der Waals surface area (Å²) in [6.45, 7) is -0.136. The molecule has 0 saturated carbocycles. The van der Waals surface area contributed by atoms with Crippen LogP contribution in [0.3, 0.4) is 0 Å². The maximum absolute atomic E-state index is 13.2. The van der Waals surface area contributed by atoms with Crippen molar-refractivity contribution in [2.75, 3.05) is 30.3 Å². The first-order valence-corrected chi connectivity index (χ1v) is 5.35. The van der Waals surface area contributed by atoms with E-state index in [9.17, 15) is 17.6 Å². The molecule has 7 heteroatoms. The number of anilines is 2. The smallest absolute Gasteiger partial charge is 0.399 e. The van der Waals surface area contributed by atoms with Gasteiger partial charge >= 0.3 is 6.18 Å². The second kappa shape index (κ2) is 4.64. The molecule has 2 N–H and O–H groups in total. The Morgan fingerprint density at radius 2 is 2.00 bits per heavy atom. The maximum Gasteiger partial charge on any atom is 0.416 e. The molecule has 0 amide bonds. The fourth-order valence-electron chi connectivity index (χ4n) is 1.86. The summed E-state index contributed by atoms with van der Waals surface area (Å²) in [5.41, 5.74) is 5.99. The van der Waals surface area contributed by atoms with Crippen LogP contribution in [0.4, 0.5) is 28.9 Å². The van der Waals surface area contributed by atoms with Gasteiger partial charge in [0.25, 0.3) is 0 Å². The molecule has 100 valence electrons. The summed E-state index contributed by atoms with van der Waals surface area (Å²) in [5, 5.41) is 0. The maximum atomic E-state index is 13.2. The standard InChI is InChI=1S/C11H12F4N2O/c12-7-3-8(16)5-9(4-7)17-1-2-18-10(6-17)11(13,14)15/h3-5,10H,1-2,6,16H2. The molecule has 0 aromatic heterocycles. The lowest BCUT2D eigenvalue weighted by Gasteiger charge is -2.35. The third-order valence-corrected chi connectivity index (χ3v) is 2.70. The van der Waals surface area contributed by atoms with Crippen LogP contribution in [-0.2, 0) is 4.74 Å². The van der Waals surface area contributed by atoms with Gasteiger partial charge in [0.15, 0.2) is 6.10 Å². The number of hydrogen-bond acceptors (Lipinski definition) is 3. The Labute approximate surface area is 101 Å². The number of rotatable bonds is 1. The van der Waals surface area contributed by atoms with E-state index in [1.54, 1.807) is 0 Å². The second-order valence-corrected chi connectivity index (χ2v) is 4.09. The molecule has 0 radical (unpaired) electrons. The number of nitrogens with zero attached hydrogens (tertiary/aromatic N) is 1. The highest BCUT2D eigenvalue weighted by Gasteiger charge is 2.43. The molecular weight excluding hydrogens is 252 g/mol. The molecule has 0 bridgehead atoms. The highest BCUT2D eigenvalue weighted by molar-refractivity contribution is 5.56. The van der Waals surface area contributed by atoms with Crippen molar-refractivity contribution in [2.24, 2.45) is 0 Å². The van der Waals surface area contributed by atoms with Crippen molar-refractivity contribution in [3.05, 3.63) is 24.0 Å². The largest absolute Gasteiger partial charge is 0.416 e. The van der Waals surface area contributed by atoms with Crippen molar-refractivity contribution in [2.45, 2.75) is 12.3 Å². The van der Waals surface area contributed by atoms with Crippen molar-refractivity contribution in [3.63, 3.8) is 0 Å². The van der Waals surface area contributed by atoms with Gasteiger partial charge in [-0.05, 0) is 18.2 Å². The predicted octanol–water partition coefficient (Wildman–Crippen LogP) is 2.18. The van der Waals surface area contributed by atoms with Crippen molar-refractivity contribution >= 4 is 11.4 Å². The van der Waals surface area contributed by atoms with Gasteiger partial charge in [0.2, 0.25) is 0 Å². The highest BCUT2D eigenvalue weighted by atomic mass is 19.4. The fourth-order valence-corrected chi connectivity index (χ4v) is 1.86. The number of benzene rings is 1. The molecule has 1 aromatic carbocycles. The summed E-state index contributed by atoms with van der Waals surface area (Å²) < 4.78 is 55.4. The lowest BCUT2D eigenvalue weighted by molar-refractivity contribution is -0.221. The fraction of sp³-hybridized carbons (Fsp3) is 0.455. The first kappa shape index (κ1) is 12.9. The zero-order valence-corrected chi connectivity index (χ0v) is 9.38. The molecule has 3 nitrogen and oxygen atoms in total. The average molecular weight is 264 g/mol. The Kier molecular flexibility index (Phi) is 3.34. The molecule has 1 saturated heterocycles. The molecule has 0 aliphatic carbocycles. The van der Waals surface area contributed by atoms with Crippen LogP contribution in [0.2, 0.25) is 0 Å². The first-order chi connectivity index (χ1) is 8.36. The van der Waals surface area contributed by atoms with Gasteiger partial charge in [0.05, 0.1) is 13.2 Å². The Morgan fingerprint density at radius 1 is 1.28 bits per heavy atom. The SMILES string of the molecule is Nc1cc(F)cc(N2CCOC(C(F)(F)F)C2)c1. The molecular formula is C11H12F4N2O. The van der Waals surface area contributed by atoms with Crippen molar-refractivity contribution in [1.82, 2.24) is 0 Å². The molecule has 1 aromatic rings. The lowest BCUT2D eigenvalue weighted by atomic mass is 10.2. The van der Waals surface area contributed by atoms with Crippen LogP contribution in [0.15, 0.2) is 18.2 Å². The van der Waals surface area contributed by atoms with Gasteiger partial charge in [-0.2, -0.15) is 13.2 Å². The highest BCUT2D eigenvalue weighted by Crippen LogP contribution is 2.29. The third kappa shape index (κ3) is 2.84. The second-order valence-electron chi connectivity index (χ2n) is 4.09. The number of nitrogen functional groups attached to an aromatic ring is 1. The van der Waals surface area contributed by atoms with Gasteiger partial charge in [0, 0.05) is 17.9 Å². The monoisotopic (exact) mass is 264 g/mol. The van der Waals surface area contributed by atoms with Gasteiger partial charge in [-0.3, -0.25) is 0 Å². The number of nitrogens with two attached hydrogens (primary N) is 1. The van der Waals surface area contributed by atoms with Crippen molar-refractivity contribution in [1.29, 1.82) is 0 Å². The lowest BCUT2D eigenvalue weighted by Crippen LogP contribution is -2.49. The van der Waals surface area contributed by atoms with Crippen molar-refractivity contribution in [3.8, 4) is 0 Å². The summed E-state index contributed by atoms with van der Waals surface area (Å²) in [5.74, 6) is -0.569. The molecule has 2 rings (SSSR count). The Balaban J connectivity index is 2.18. The number of morpholine rings is 1. The minimum Gasteiger partial charge on any atom is -0.399 e. The molecule has 1 unspecified atom stereocenters. The number of alkyl halides is 3. The van der Waals surface area contributed by atoms with Crippen molar-refractivity contribution < 1.29 is 22.3 Å². The normalized spacial score (nSPS) is 21.1. The quantitative estimate of drug-likeness (QED) is 0.624. The Bertz CT molecular complexity index is 415. The zero-order valence-electron chi connectivity index (χ0n) is 9.38. The van der Waals surface area contributed by atoms with E-state index in [-0.39, 0.29) is 25.4 Å². The number of halogens is 4. The molecule has 1 atom stereocenters. The average Bonchev–Trinajstić information content (AvgIpc) is 2.27. The molecule has 1 heterocycles. The topological polar surface area (TPSA) is 38.5 Å². The molecule has 0 spiro atoms. The van der Waals surface area contributed by atoms with E-state index < -0.39 is 18.1 Å². The predicted molar refractivity (Wildman–Crippen MR) is 58.8 cm³/mol. The van der Waals surface area contributed by atoms with Crippen LogP contribution in [0, 0.1) is 5.82 Å². The van der Waals surface area contributed by atoms with Gasteiger partial charge in [-0.25, -0.2) is 4.39 Å². The van der Waals surface area contributed by atoms with Crippen LogP contribution < -0.4 is 10.6 Å². The summed E-state index contributed by atoms with van der Waals surface area (Å²) in [6, 6.07) is 3.72. The minimum atomic E-state index is -4.42. The van der Waals surface area contributed by atoms with Gasteiger partial charge in [0.1, 0.15) is 5.82 Å². The van der Waals surface area contributed by atoms with E-state index >= 15 is 0 Å². The molecule has 1 fully saturated rings. The van der Waals surface area contributed by atoms with E-state index in [1.165, 1.54) is 11.0 Å². The Morgan fingerprint density at radius 3 is 2.61 bits per heavy atom. The van der Waals surface area contributed by atoms with E-state index in [0.717, 1.165) is 12.1 Å². The number of hydrogen-bond donors (Lipinski definition) is 1. The van der Waals surface area contributed by atoms with E-state index in [4.69, 9.17) is 5.73 Å². The van der Waals surface area contributed by atoms with Crippen LogP contribution in [0.25, 0.3) is 0 Å². The summed E-state index contributed by atoms with van der Waals surface area (Å²) in [7, 11) is 0. The van der Waals surface area contributed by atoms with E-state index in [1.807, 2.05) is 0 Å². The number of ether oxygens (including phenoxy) is 1. The summed E-state index contributed by atoms with van der Waals surface area (Å²) >= 11 is 0. The zero-order chi connectivity index (χ0) is 13.3. The van der Waals surface area contributed by atoms with Crippen LogP contribution in [-0.4, -0.2) is 32.0 Å². The van der Waals surface area contributed by atoms with E-state index in [2.05, 4.69) is 4.74 Å². The third-order valence-electron chi connectivity index (χ3n) is 2.70. The van der Waals surface area contributed by atoms with Crippen LogP contribution in [0.1, 0.15) is 0 Å².